The summed E-state index contributed by atoms with van der Waals surface area (Å²) in [5.74, 6) is -0.786. The van der Waals surface area contributed by atoms with Gasteiger partial charge in [0, 0.05) is 17.1 Å². The third-order valence-corrected chi connectivity index (χ3v) is 4.29. The lowest BCUT2D eigenvalue weighted by Crippen LogP contribution is -2.43. The Balaban J connectivity index is 2.67. The monoisotopic (exact) mass is 407 g/mol. The number of carbonyl (C=O) groups is 1. The molecule has 0 aliphatic rings. The molecule has 0 saturated heterocycles. The molecule has 0 spiro atoms. The van der Waals surface area contributed by atoms with Crippen molar-refractivity contribution >= 4 is 29.1 Å². The highest BCUT2D eigenvalue weighted by atomic mass is 35.5. The normalized spacial score (nSPS) is 12.1. The topological polar surface area (TPSA) is 38.1 Å². The van der Waals surface area contributed by atoms with E-state index < -0.39 is 23.5 Å². The minimum Gasteiger partial charge on any atom is -0.332 e. The number of benzene rings is 1. The first-order chi connectivity index (χ1) is 11.9. The number of rotatable bonds is 4. The maximum atomic E-state index is 13.8. The van der Waals surface area contributed by atoms with Gasteiger partial charge in [0.15, 0.2) is 11.4 Å². The lowest BCUT2D eigenvalue weighted by Gasteiger charge is -2.30. The second kappa shape index (κ2) is 7.48. The Hall–Kier alpha value is -1.73. The molecular weight excluding hydrogens is 390 g/mol. The molecule has 142 valence electrons. The second-order valence-corrected chi connectivity index (χ2v) is 7.15. The van der Waals surface area contributed by atoms with E-state index in [2.05, 4.69) is 4.98 Å². The third kappa shape index (κ3) is 3.99. The summed E-state index contributed by atoms with van der Waals surface area (Å²) >= 11 is 11.9. The fraction of sp³-hybridized carbons (Fsp3) is 0.412. The molecule has 1 aromatic heterocycles. The van der Waals surface area contributed by atoms with Crippen molar-refractivity contribution in [2.75, 3.05) is 0 Å². The van der Waals surface area contributed by atoms with Gasteiger partial charge in [0.1, 0.15) is 6.33 Å². The zero-order valence-corrected chi connectivity index (χ0v) is 16.1. The summed E-state index contributed by atoms with van der Waals surface area (Å²) in [5.41, 5.74) is -1.79. The molecule has 26 heavy (non-hydrogen) atoms. The van der Waals surface area contributed by atoms with Crippen molar-refractivity contribution in [3.05, 3.63) is 46.0 Å². The highest BCUT2D eigenvalue weighted by molar-refractivity contribution is 6.35. The van der Waals surface area contributed by atoms with Crippen molar-refractivity contribution in [1.82, 2.24) is 14.5 Å². The summed E-state index contributed by atoms with van der Waals surface area (Å²) in [4.78, 5) is 17.9. The van der Waals surface area contributed by atoms with Crippen LogP contribution >= 0.6 is 23.2 Å². The van der Waals surface area contributed by atoms with Gasteiger partial charge in [-0.05, 0) is 45.9 Å². The van der Waals surface area contributed by atoms with Gasteiger partial charge in [-0.1, -0.05) is 23.2 Å². The Morgan fingerprint density at radius 1 is 1.15 bits per heavy atom. The van der Waals surface area contributed by atoms with Crippen molar-refractivity contribution in [3.63, 3.8) is 0 Å². The quantitative estimate of drug-likeness (QED) is 0.674. The van der Waals surface area contributed by atoms with E-state index in [4.69, 9.17) is 23.2 Å². The number of halogens is 5. The van der Waals surface area contributed by atoms with Gasteiger partial charge in [-0.25, -0.2) is 4.98 Å². The van der Waals surface area contributed by atoms with Crippen LogP contribution in [0.1, 0.15) is 43.9 Å². The van der Waals surface area contributed by atoms with Gasteiger partial charge in [-0.15, -0.1) is 0 Å². The number of carbonyl (C=O) groups excluding carboxylic acids is 1. The smallest absolute Gasteiger partial charge is 0.332 e. The summed E-state index contributed by atoms with van der Waals surface area (Å²) in [7, 11) is 0. The van der Waals surface area contributed by atoms with E-state index in [1.807, 2.05) is 0 Å². The van der Waals surface area contributed by atoms with Gasteiger partial charge < -0.3 is 4.90 Å². The molecule has 0 unspecified atom stereocenters. The lowest BCUT2D eigenvalue weighted by molar-refractivity contribution is -0.142. The van der Waals surface area contributed by atoms with Crippen molar-refractivity contribution in [3.8, 4) is 5.69 Å². The molecule has 4 nitrogen and oxygen atoms in total. The second-order valence-electron chi connectivity index (χ2n) is 6.31. The number of amides is 1. The fourth-order valence-corrected chi connectivity index (χ4v) is 3.32. The Morgan fingerprint density at radius 3 is 2.19 bits per heavy atom. The van der Waals surface area contributed by atoms with Crippen LogP contribution in [0.5, 0.6) is 0 Å². The fourth-order valence-electron chi connectivity index (χ4n) is 2.82. The van der Waals surface area contributed by atoms with Crippen molar-refractivity contribution < 1.29 is 18.0 Å². The van der Waals surface area contributed by atoms with Gasteiger partial charge in [0.05, 0.1) is 10.7 Å². The molecule has 0 radical (unpaired) electrons. The van der Waals surface area contributed by atoms with E-state index in [-0.39, 0.29) is 27.8 Å². The molecule has 0 aliphatic heterocycles. The standard InChI is InChI=1S/C17H18Cl2F3N3O/c1-9(2)25(10(3)4)16(26)14-15(17(20,21)22)24(8-23-14)13-6-5-11(18)7-12(13)19/h5-10H,1-4H3. The first-order valence-electron chi connectivity index (χ1n) is 7.87. The SMILES string of the molecule is CC(C)N(C(=O)c1ncn(-c2ccc(Cl)cc2Cl)c1C(F)(F)F)C(C)C. The van der Waals surface area contributed by atoms with Crippen molar-refractivity contribution in [2.45, 2.75) is 46.0 Å². The highest BCUT2D eigenvalue weighted by Gasteiger charge is 2.42. The van der Waals surface area contributed by atoms with Gasteiger partial charge in [-0.2, -0.15) is 13.2 Å². The molecule has 0 atom stereocenters. The molecule has 0 fully saturated rings. The van der Waals surface area contributed by atoms with Crippen LogP contribution in [0.2, 0.25) is 10.0 Å². The Morgan fingerprint density at radius 2 is 1.73 bits per heavy atom. The zero-order chi connectivity index (χ0) is 19.8. The summed E-state index contributed by atoms with van der Waals surface area (Å²) in [5, 5.41) is 0.304. The van der Waals surface area contributed by atoms with Crippen LogP contribution in [0, 0.1) is 0 Å². The molecule has 0 N–H and O–H groups in total. The summed E-state index contributed by atoms with van der Waals surface area (Å²) in [6.07, 6.45) is -3.85. The lowest BCUT2D eigenvalue weighted by atomic mass is 10.2. The minimum absolute atomic E-state index is 0.0176. The molecule has 0 bridgehead atoms. The molecule has 1 heterocycles. The van der Waals surface area contributed by atoms with Crippen LogP contribution in [0.3, 0.4) is 0 Å². The van der Waals surface area contributed by atoms with Crippen molar-refractivity contribution in [2.24, 2.45) is 0 Å². The molecule has 1 aromatic carbocycles. The highest BCUT2D eigenvalue weighted by Crippen LogP contribution is 2.36. The third-order valence-electron chi connectivity index (χ3n) is 3.76. The Labute approximate surface area is 159 Å². The van der Waals surface area contributed by atoms with E-state index in [0.717, 1.165) is 10.9 Å². The number of hydrogen-bond acceptors (Lipinski definition) is 2. The maximum absolute atomic E-state index is 13.8. The molecule has 0 aliphatic carbocycles. The van der Waals surface area contributed by atoms with Crippen LogP contribution in [0.25, 0.3) is 5.69 Å². The molecule has 1 amide bonds. The minimum atomic E-state index is -4.80. The molecule has 9 heteroatoms. The first-order valence-corrected chi connectivity index (χ1v) is 8.63. The van der Waals surface area contributed by atoms with Crippen LogP contribution in [0.15, 0.2) is 24.5 Å². The largest absolute Gasteiger partial charge is 0.434 e. The van der Waals surface area contributed by atoms with Crippen LogP contribution in [-0.4, -0.2) is 32.4 Å². The van der Waals surface area contributed by atoms with E-state index in [1.54, 1.807) is 27.7 Å². The van der Waals surface area contributed by atoms with Crippen molar-refractivity contribution in [1.29, 1.82) is 0 Å². The van der Waals surface area contributed by atoms with E-state index in [9.17, 15) is 18.0 Å². The molecular formula is C17H18Cl2F3N3O. The Kier molecular flexibility index (Phi) is 5.92. The van der Waals surface area contributed by atoms with E-state index >= 15 is 0 Å². The number of alkyl halides is 3. The number of aromatic nitrogens is 2. The average molecular weight is 408 g/mol. The predicted octanol–water partition coefficient (Wildman–Crippen LogP) is 5.46. The van der Waals surface area contributed by atoms with Crippen LogP contribution in [-0.2, 0) is 6.18 Å². The summed E-state index contributed by atoms with van der Waals surface area (Å²) in [6.45, 7) is 6.94. The number of nitrogens with zero attached hydrogens (tertiary/aromatic N) is 3. The molecule has 0 saturated carbocycles. The van der Waals surface area contributed by atoms with Gasteiger partial charge in [-0.3, -0.25) is 9.36 Å². The van der Waals surface area contributed by atoms with Gasteiger partial charge in [0.25, 0.3) is 5.91 Å². The molecule has 2 aromatic rings. The number of imidazole rings is 1. The summed E-state index contributed by atoms with van der Waals surface area (Å²) < 4.78 is 42.1. The van der Waals surface area contributed by atoms with E-state index in [0.29, 0.717) is 0 Å². The summed E-state index contributed by atoms with van der Waals surface area (Å²) in [6, 6.07) is 3.52. The average Bonchev–Trinajstić information content (AvgIpc) is 2.91. The number of hydrogen-bond donors (Lipinski definition) is 0. The van der Waals surface area contributed by atoms with Crippen LogP contribution in [0.4, 0.5) is 13.2 Å². The maximum Gasteiger partial charge on any atom is 0.434 e. The molecule has 2 rings (SSSR count). The van der Waals surface area contributed by atoms with Gasteiger partial charge in [0.2, 0.25) is 0 Å². The zero-order valence-electron chi connectivity index (χ0n) is 14.6. The van der Waals surface area contributed by atoms with Gasteiger partial charge >= 0.3 is 6.18 Å². The first kappa shape index (κ1) is 20.6. The van der Waals surface area contributed by atoms with E-state index in [1.165, 1.54) is 23.1 Å². The Bertz CT molecular complexity index is 808. The predicted molar refractivity (Wildman–Crippen MR) is 95.0 cm³/mol. The van der Waals surface area contributed by atoms with Crippen LogP contribution < -0.4 is 0 Å².